The first-order chi connectivity index (χ1) is 11.3. The minimum Gasteiger partial charge on any atom is -0.341 e. The van der Waals surface area contributed by atoms with Crippen molar-refractivity contribution < 1.29 is 13.2 Å². The van der Waals surface area contributed by atoms with Gasteiger partial charge in [0.15, 0.2) is 0 Å². The summed E-state index contributed by atoms with van der Waals surface area (Å²) in [6, 6.07) is 4.78. The van der Waals surface area contributed by atoms with Gasteiger partial charge in [0.25, 0.3) is 0 Å². The molecule has 0 radical (unpaired) electrons. The summed E-state index contributed by atoms with van der Waals surface area (Å²) in [6.07, 6.45) is 2.08. The molecule has 142 valence electrons. The Morgan fingerprint density at radius 2 is 1.96 bits per heavy atom. The van der Waals surface area contributed by atoms with Crippen LogP contribution in [0, 0.1) is 0 Å². The zero-order valence-corrected chi connectivity index (χ0v) is 16.9. The van der Waals surface area contributed by atoms with E-state index in [1.807, 2.05) is 7.05 Å². The van der Waals surface area contributed by atoms with Crippen molar-refractivity contribution >= 4 is 51.5 Å². The first-order valence-electron chi connectivity index (χ1n) is 7.74. The average Bonchev–Trinajstić information content (AvgIpc) is 2.54. The van der Waals surface area contributed by atoms with Gasteiger partial charge in [0, 0.05) is 32.1 Å². The summed E-state index contributed by atoms with van der Waals surface area (Å²) < 4.78 is 27.0. The van der Waals surface area contributed by atoms with Gasteiger partial charge in [-0.05, 0) is 32.0 Å². The minimum absolute atomic E-state index is 0. The van der Waals surface area contributed by atoms with E-state index in [0.29, 0.717) is 19.1 Å². The number of hydrogen-bond donors (Lipinski definition) is 2. The van der Waals surface area contributed by atoms with Gasteiger partial charge >= 0.3 is 0 Å². The molecular weight excluding hydrogens is 409 g/mol. The van der Waals surface area contributed by atoms with Gasteiger partial charge in [-0.1, -0.05) is 29.3 Å². The third-order valence-corrected chi connectivity index (χ3v) is 6.42. The molecule has 25 heavy (non-hydrogen) atoms. The summed E-state index contributed by atoms with van der Waals surface area (Å²) in [5.41, 5.74) is 0. The Hall–Kier alpha value is -0.570. The molecule has 1 saturated heterocycles. The Morgan fingerprint density at radius 3 is 2.56 bits per heavy atom. The lowest BCUT2D eigenvalue weighted by atomic mass is 10.1. The van der Waals surface area contributed by atoms with Crippen LogP contribution in [-0.4, -0.2) is 51.9 Å². The topological polar surface area (TPSA) is 78.5 Å². The molecule has 0 bridgehead atoms. The highest BCUT2D eigenvalue weighted by Gasteiger charge is 2.24. The van der Waals surface area contributed by atoms with Crippen LogP contribution >= 0.6 is 35.6 Å². The smallest absolute Gasteiger partial charge is 0.243 e. The van der Waals surface area contributed by atoms with Crippen molar-refractivity contribution in [2.45, 2.75) is 30.2 Å². The first-order valence-corrected chi connectivity index (χ1v) is 9.98. The molecule has 1 atom stereocenters. The van der Waals surface area contributed by atoms with Gasteiger partial charge in [0.05, 0.1) is 10.0 Å². The second kappa shape index (κ2) is 9.94. The molecule has 1 heterocycles. The molecule has 1 amide bonds. The Morgan fingerprint density at radius 1 is 1.32 bits per heavy atom. The second-order valence-electron chi connectivity index (χ2n) is 5.67. The second-order valence-corrected chi connectivity index (χ2v) is 8.18. The summed E-state index contributed by atoms with van der Waals surface area (Å²) in [7, 11) is -1.99. The van der Waals surface area contributed by atoms with Gasteiger partial charge in [-0.3, -0.25) is 4.79 Å². The molecule has 6 nitrogen and oxygen atoms in total. The summed E-state index contributed by atoms with van der Waals surface area (Å²) in [4.78, 5) is 13.8. The molecule has 0 saturated carbocycles. The number of sulfonamides is 1. The van der Waals surface area contributed by atoms with Crippen LogP contribution in [0.5, 0.6) is 0 Å². The molecule has 10 heteroatoms. The van der Waals surface area contributed by atoms with Crippen molar-refractivity contribution in [3.05, 3.63) is 28.2 Å². The number of likely N-dealkylation sites (N-methyl/N-ethyl adjacent to an activating group) is 1. The number of benzene rings is 1. The molecule has 0 aliphatic carbocycles. The van der Waals surface area contributed by atoms with Gasteiger partial charge in [-0.25, -0.2) is 13.1 Å². The van der Waals surface area contributed by atoms with Gasteiger partial charge in [0.2, 0.25) is 15.9 Å². The van der Waals surface area contributed by atoms with E-state index in [-0.39, 0.29) is 46.2 Å². The van der Waals surface area contributed by atoms with Crippen LogP contribution in [0.1, 0.15) is 19.3 Å². The maximum absolute atomic E-state index is 12.3. The first kappa shape index (κ1) is 22.5. The van der Waals surface area contributed by atoms with Gasteiger partial charge in [0.1, 0.15) is 4.90 Å². The zero-order chi connectivity index (χ0) is 17.7. The number of halogens is 3. The molecule has 1 fully saturated rings. The minimum atomic E-state index is -3.86. The summed E-state index contributed by atoms with van der Waals surface area (Å²) in [6.45, 7) is 1.36. The number of likely N-dealkylation sites (tertiary alicyclic amines) is 1. The maximum atomic E-state index is 12.3. The number of piperidine rings is 1. The summed E-state index contributed by atoms with van der Waals surface area (Å²) in [5.74, 6) is -0.0668. The monoisotopic (exact) mass is 429 g/mol. The Kier molecular flexibility index (Phi) is 8.94. The number of amides is 1. The Balaban J connectivity index is 0.00000312. The molecule has 1 aliphatic rings. The van der Waals surface area contributed by atoms with Crippen molar-refractivity contribution in [3.63, 3.8) is 0 Å². The number of carbonyl (C=O) groups is 1. The molecular formula is C15H22Cl3N3O3S. The highest BCUT2D eigenvalue weighted by molar-refractivity contribution is 7.89. The lowest BCUT2D eigenvalue weighted by molar-refractivity contribution is -0.132. The van der Waals surface area contributed by atoms with Crippen LogP contribution in [0.4, 0.5) is 0 Å². The molecule has 0 spiro atoms. The number of rotatable bonds is 6. The fourth-order valence-electron chi connectivity index (χ4n) is 2.70. The highest BCUT2D eigenvalue weighted by Crippen LogP contribution is 2.28. The number of hydrogen-bond acceptors (Lipinski definition) is 4. The van der Waals surface area contributed by atoms with Crippen LogP contribution in [-0.2, 0) is 14.8 Å². The molecule has 1 aliphatic heterocycles. The molecule has 2 rings (SSSR count). The van der Waals surface area contributed by atoms with E-state index in [4.69, 9.17) is 23.2 Å². The maximum Gasteiger partial charge on any atom is 0.243 e. The van der Waals surface area contributed by atoms with Gasteiger partial charge in [-0.2, -0.15) is 0 Å². The van der Waals surface area contributed by atoms with E-state index >= 15 is 0 Å². The third kappa shape index (κ3) is 5.98. The quantitative estimate of drug-likeness (QED) is 0.726. The average molecular weight is 431 g/mol. The van der Waals surface area contributed by atoms with Gasteiger partial charge in [-0.15, -0.1) is 12.4 Å². The fourth-order valence-corrected chi connectivity index (χ4v) is 4.87. The van der Waals surface area contributed by atoms with E-state index in [2.05, 4.69) is 10.0 Å². The SMILES string of the molecule is CNC1CCCN(C(=O)CCNS(=O)(=O)c2c(Cl)cccc2Cl)C1.Cl. The molecule has 1 aromatic carbocycles. The predicted octanol–water partition coefficient (Wildman–Crippen LogP) is 2.29. The summed E-state index contributed by atoms with van der Waals surface area (Å²) in [5, 5.41) is 3.27. The lowest BCUT2D eigenvalue weighted by Gasteiger charge is -2.32. The van der Waals surface area contributed by atoms with Crippen molar-refractivity contribution in [2.75, 3.05) is 26.7 Å². The van der Waals surface area contributed by atoms with E-state index in [0.717, 1.165) is 12.8 Å². The fraction of sp³-hybridized carbons (Fsp3) is 0.533. The zero-order valence-electron chi connectivity index (χ0n) is 13.8. The van der Waals surface area contributed by atoms with E-state index < -0.39 is 10.0 Å². The van der Waals surface area contributed by atoms with Crippen molar-refractivity contribution in [2.24, 2.45) is 0 Å². The van der Waals surface area contributed by atoms with Crippen molar-refractivity contribution in [1.29, 1.82) is 0 Å². The van der Waals surface area contributed by atoms with E-state index in [1.54, 1.807) is 11.0 Å². The van der Waals surface area contributed by atoms with Crippen molar-refractivity contribution in [1.82, 2.24) is 14.9 Å². The Labute approximate surface area is 164 Å². The Bertz CT molecular complexity index is 680. The predicted molar refractivity (Wildman–Crippen MR) is 102 cm³/mol. The number of nitrogens with one attached hydrogen (secondary N) is 2. The highest BCUT2D eigenvalue weighted by atomic mass is 35.5. The molecule has 1 unspecified atom stereocenters. The lowest BCUT2D eigenvalue weighted by Crippen LogP contribution is -2.47. The molecule has 1 aromatic rings. The van der Waals surface area contributed by atoms with E-state index in [1.165, 1.54) is 12.1 Å². The molecule has 2 N–H and O–H groups in total. The van der Waals surface area contributed by atoms with E-state index in [9.17, 15) is 13.2 Å². The van der Waals surface area contributed by atoms with Crippen LogP contribution in [0.25, 0.3) is 0 Å². The molecule has 0 aromatic heterocycles. The van der Waals surface area contributed by atoms with Crippen LogP contribution < -0.4 is 10.0 Å². The van der Waals surface area contributed by atoms with Crippen LogP contribution in [0.15, 0.2) is 23.1 Å². The normalized spacial score (nSPS) is 17.9. The van der Waals surface area contributed by atoms with Crippen molar-refractivity contribution in [3.8, 4) is 0 Å². The van der Waals surface area contributed by atoms with Crippen LogP contribution in [0.3, 0.4) is 0 Å². The van der Waals surface area contributed by atoms with Gasteiger partial charge < -0.3 is 10.2 Å². The third-order valence-electron chi connectivity index (χ3n) is 4.00. The number of nitrogens with zero attached hydrogens (tertiary/aromatic N) is 1. The largest absolute Gasteiger partial charge is 0.341 e. The number of carbonyl (C=O) groups excluding carboxylic acids is 1. The summed E-state index contributed by atoms with van der Waals surface area (Å²) >= 11 is 11.8. The van der Waals surface area contributed by atoms with Crippen LogP contribution in [0.2, 0.25) is 10.0 Å². The standard InChI is InChI=1S/C15H21Cl2N3O3S.ClH/c1-18-11-4-3-9-20(10-11)14(21)7-8-19-24(22,23)15-12(16)5-2-6-13(15)17;/h2,5-6,11,18-19H,3-4,7-10H2,1H3;1H.